The molecule has 128 valence electrons. The van der Waals surface area contributed by atoms with E-state index in [0.29, 0.717) is 13.2 Å². The van der Waals surface area contributed by atoms with E-state index in [1.165, 1.54) is 11.1 Å². The van der Waals surface area contributed by atoms with Crippen LogP contribution >= 0.6 is 0 Å². The Bertz CT molecular complexity index is 767. The van der Waals surface area contributed by atoms with Crippen molar-refractivity contribution < 1.29 is 9.47 Å². The zero-order valence-electron chi connectivity index (χ0n) is 14.7. The molecule has 3 aromatic rings. The Balaban J connectivity index is 1.70. The average Bonchev–Trinajstić information content (AvgIpc) is 2.68. The maximum atomic E-state index is 6.09. The van der Waals surface area contributed by atoms with E-state index in [0.717, 1.165) is 29.9 Å². The molecule has 2 nitrogen and oxygen atoms in total. The Morgan fingerprint density at radius 1 is 0.680 bits per heavy atom. The molecule has 2 heteroatoms. The van der Waals surface area contributed by atoms with Gasteiger partial charge < -0.3 is 9.47 Å². The smallest absolute Gasteiger partial charge is 0.126 e. The van der Waals surface area contributed by atoms with Crippen molar-refractivity contribution in [3.8, 4) is 11.5 Å². The third kappa shape index (κ3) is 5.12. The van der Waals surface area contributed by atoms with Crippen molar-refractivity contribution in [2.24, 2.45) is 0 Å². The molecule has 3 aromatic carbocycles. The van der Waals surface area contributed by atoms with Crippen LogP contribution in [0.15, 0.2) is 78.9 Å². The van der Waals surface area contributed by atoms with Crippen molar-refractivity contribution in [2.75, 3.05) is 0 Å². The Kier molecular flexibility index (Phi) is 6.11. The van der Waals surface area contributed by atoms with Crippen LogP contribution in [0.3, 0.4) is 0 Å². The quantitative estimate of drug-likeness (QED) is 0.519. The summed E-state index contributed by atoms with van der Waals surface area (Å²) in [5.74, 6) is 1.75. The van der Waals surface area contributed by atoms with Gasteiger partial charge in [0.05, 0.1) is 0 Å². The van der Waals surface area contributed by atoms with E-state index >= 15 is 0 Å². The lowest BCUT2D eigenvalue weighted by atomic mass is 10.1. The molecule has 0 heterocycles. The van der Waals surface area contributed by atoms with Crippen LogP contribution in [0.5, 0.6) is 11.5 Å². The lowest BCUT2D eigenvalue weighted by Crippen LogP contribution is -2.00. The van der Waals surface area contributed by atoms with Gasteiger partial charge in [0.2, 0.25) is 0 Å². The number of benzene rings is 3. The van der Waals surface area contributed by atoms with E-state index in [1.807, 2.05) is 48.5 Å². The van der Waals surface area contributed by atoms with Crippen LogP contribution in [0.1, 0.15) is 30.0 Å². The summed E-state index contributed by atoms with van der Waals surface area (Å²) in [6.07, 6.45) is 2.09. The maximum absolute atomic E-state index is 6.09. The van der Waals surface area contributed by atoms with Gasteiger partial charge >= 0.3 is 0 Å². The van der Waals surface area contributed by atoms with E-state index in [9.17, 15) is 0 Å². The first-order valence-corrected chi connectivity index (χ1v) is 8.81. The van der Waals surface area contributed by atoms with Crippen LogP contribution in [-0.4, -0.2) is 0 Å². The molecule has 0 aliphatic heterocycles. The third-order valence-electron chi connectivity index (χ3n) is 4.04. The second-order valence-corrected chi connectivity index (χ2v) is 6.07. The molecule has 0 radical (unpaired) electrons. The standard InChI is InChI=1S/C23H24O2/c1-2-9-21-14-15-22(24-17-19-10-5-3-6-11-19)16-23(21)25-18-20-12-7-4-8-13-20/h3-8,10-16H,2,9,17-18H2,1H3. The molecule has 0 aliphatic rings. The SMILES string of the molecule is CCCc1ccc(OCc2ccccc2)cc1OCc1ccccc1. The highest BCUT2D eigenvalue weighted by atomic mass is 16.5. The Morgan fingerprint density at radius 2 is 1.28 bits per heavy atom. The monoisotopic (exact) mass is 332 g/mol. The molecule has 0 unspecified atom stereocenters. The molecular formula is C23H24O2. The summed E-state index contributed by atoms with van der Waals surface area (Å²) in [6.45, 7) is 3.31. The Hall–Kier alpha value is -2.74. The minimum absolute atomic E-state index is 0.562. The van der Waals surface area contributed by atoms with Crippen molar-refractivity contribution in [1.82, 2.24) is 0 Å². The second kappa shape index (κ2) is 8.93. The van der Waals surface area contributed by atoms with E-state index in [4.69, 9.17) is 9.47 Å². The highest BCUT2D eigenvalue weighted by Gasteiger charge is 2.07. The molecule has 0 amide bonds. The van der Waals surface area contributed by atoms with Crippen molar-refractivity contribution in [3.05, 3.63) is 95.6 Å². The molecule has 0 bridgehead atoms. The van der Waals surface area contributed by atoms with Gasteiger partial charge in [0.25, 0.3) is 0 Å². The lowest BCUT2D eigenvalue weighted by Gasteiger charge is -2.14. The van der Waals surface area contributed by atoms with Crippen LogP contribution in [-0.2, 0) is 19.6 Å². The summed E-state index contributed by atoms with van der Waals surface area (Å²) in [7, 11) is 0. The van der Waals surface area contributed by atoms with Gasteiger partial charge in [-0.1, -0.05) is 80.1 Å². The summed E-state index contributed by atoms with van der Waals surface area (Å²) in [4.78, 5) is 0. The summed E-state index contributed by atoms with van der Waals surface area (Å²) in [5, 5.41) is 0. The molecule has 0 spiro atoms. The van der Waals surface area contributed by atoms with Crippen LogP contribution in [0.2, 0.25) is 0 Å². The van der Waals surface area contributed by atoms with E-state index < -0.39 is 0 Å². The van der Waals surface area contributed by atoms with Crippen LogP contribution in [0, 0.1) is 0 Å². The fourth-order valence-corrected chi connectivity index (χ4v) is 2.71. The normalized spacial score (nSPS) is 10.4. The third-order valence-corrected chi connectivity index (χ3v) is 4.04. The lowest BCUT2D eigenvalue weighted by molar-refractivity contribution is 0.288. The van der Waals surface area contributed by atoms with Gasteiger partial charge in [-0.05, 0) is 29.2 Å². The first-order chi connectivity index (χ1) is 12.3. The number of ether oxygens (including phenoxy) is 2. The van der Waals surface area contributed by atoms with Gasteiger partial charge in [-0.25, -0.2) is 0 Å². The van der Waals surface area contributed by atoms with Gasteiger partial charge in [0, 0.05) is 6.07 Å². The van der Waals surface area contributed by atoms with Crippen LogP contribution in [0.25, 0.3) is 0 Å². The number of rotatable bonds is 8. The molecule has 25 heavy (non-hydrogen) atoms. The topological polar surface area (TPSA) is 18.5 Å². The molecule has 0 atom stereocenters. The zero-order valence-corrected chi connectivity index (χ0v) is 14.7. The van der Waals surface area contributed by atoms with E-state index in [2.05, 4.69) is 37.3 Å². The Labute approximate surface area is 150 Å². The van der Waals surface area contributed by atoms with Gasteiger partial charge in [0.15, 0.2) is 0 Å². The van der Waals surface area contributed by atoms with E-state index in [1.54, 1.807) is 0 Å². The van der Waals surface area contributed by atoms with Crippen molar-refractivity contribution in [1.29, 1.82) is 0 Å². The number of hydrogen-bond donors (Lipinski definition) is 0. The second-order valence-electron chi connectivity index (χ2n) is 6.07. The van der Waals surface area contributed by atoms with Gasteiger partial charge in [-0.3, -0.25) is 0 Å². The molecule has 0 N–H and O–H groups in total. The molecule has 3 rings (SSSR count). The molecule has 0 aliphatic carbocycles. The fourth-order valence-electron chi connectivity index (χ4n) is 2.71. The summed E-state index contributed by atoms with van der Waals surface area (Å²) < 4.78 is 12.0. The minimum Gasteiger partial charge on any atom is -0.489 e. The highest BCUT2D eigenvalue weighted by molar-refractivity contribution is 5.41. The first-order valence-electron chi connectivity index (χ1n) is 8.81. The molecule has 0 aromatic heterocycles. The predicted octanol–water partition coefficient (Wildman–Crippen LogP) is 5.80. The molecule has 0 saturated carbocycles. The molecular weight excluding hydrogens is 308 g/mol. The van der Waals surface area contributed by atoms with Gasteiger partial charge in [-0.15, -0.1) is 0 Å². The molecule has 0 fully saturated rings. The van der Waals surface area contributed by atoms with Crippen molar-refractivity contribution >= 4 is 0 Å². The Morgan fingerprint density at radius 3 is 1.88 bits per heavy atom. The van der Waals surface area contributed by atoms with Crippen LogP contribution in [0.4, 0.5) is 0 Å². The fraction of sp³-hybridized carbons (Fsp3) is 0.217. The largest absolute Gasteiger partial charge is 0.489 e. The first kappa shape index (κ1) is 17.1. The van der Waals surface area contributed by atoms with E-state index in [-0.39, 0.29) is 0 Å². The zero-order chi connectivity index (χ0) is 17.3. The highest BCUT2D eigenvalue weighted by Crippen LogP contribution is 2.27. The van der Waals surface area contributed by atoms with Crippen molar-refractivity contribution in [2.45, 2.75) is 33.0 Å². The average molecular weight is 332 g/mol. The van der Waals surface area contributed by atoms with Gasteiger partial charge in [-0.2, -0.15) is 0 Å². The van der Waals surface area contributed by atoms with Crippen LogP contribution < -0.4 is 9.47 Å². The van der Waals surface area contributed by atoms with Gasteiger partial charge in [0.1, 0.15) is 24.7 Å². The summed E-state index contributed by atoms with van der Waals surface area (Å²) >= 11 is 0. The molecule has 0 saturated heterocycles. The maximum Gasteiger partial charge on any atom is 0.126 e. The number of aryl methyl sites for hydroxylation is 1. The number of hydrogen-bond acceptors (Lipinski definition) is 2. The summed E-state index contributed by atoms with van der Waals surface area (Å²) in [5.41, 5.74) is 3.55. The minimum atomic E-state index is 0.562. The predicted molar refractivity (Wildman–Crippen MR) is 102 cm³/mol. The van der Waals surface area contributed by atoms with Crippen molar-refractivity contribution in [3.63, 3.8) is 0 Å². The summed E-state index contributed by atoms with van der Waals surface area (Å²) in [6, 6.07) is 26.6.